The van der Waals surface area contributed by atoms with E-state index in [1.54, 1.807) is 0 Å². The highest BCUT2D eigenvalue weighted by atomic mass is 14.9. The van der Waals surface area contributed by atoms with E-state index in [1.165, 1.54) is 22.3 Å². The number of benzene rings is 1. The molecule has 0 bridgehead atoms. The molecule has 0 unspecified atom stereocenters. The molecular formula is C22H23N. The molecule has 1 heteroatoms. The van der Waals surface area contributed by atoms with Gasteiger partial charge in [0.15, 0.2) is 0 Å². The second kappa shape index (κ2) is 5.97. The van der Waals surface area contributed by atoms with E-state index < -0.39 is 0 Å². The van der Waals surface area contributed by atoms with Gasteiger partial charge in [0.05, 0.1) is 5.70 Å². The topological polar surface area (TPSA) is 12.0 Å². The van der Waals surface area contributed by atoms with Crippen LogP contribution in [0.1, 0.15) is 34.1 Å². The SMILES string of the molecule is CC.CC1(C)C2=CC(Nc3ccccc3)=C=C=C2C2=C1CC=C2. The molecule has 23 heavy (non-hydrogen) atoms. The molecule has 3 aliphatic carbocycles. The molecule has 0 atom stereocenters. The highest BCUT2D eigenvalue weighted by molar-refractivity contribution is 5.70. The van der Waals surface area contributed by atoms with Crippen molar-refractivity contribution in [3.8, 4) is 0 Å². The lowest BCUT2D eigenvalue weighted by molar-refractivity contribution is 0.554. The Morgan fingerprint density at radius 3 is 2.52 bits per heavy atom. The molecule has 0 saturated carbocycles. The molecule has 0 aliphatic heterocycles. The first-order valence-electron chi connectivity index (χ1n) is 8.37. The summed E-state index contributed by atoms with van der Waals surface area (Å²) in [4.78, 5) is 0. The summed E-state index contributed by atoms with van der Waals surface area (Å²) < 4.78 is 0. The monoisotopic (exact) mass is 301 g/mol. The van der Waals surface area contributed by atoms with Crippen LogP contribution < -0.4 is 5.32 Å². The summed E-state index contributed by atoms with van der Waals surface area (Å²) >= 11 is 0. The van der Waals surface area contributed by atoms with Crippen LogP contribution in [0.3, 0.4) is 0 Å². The Morgan fingerprint density at radius 1 is 1.04 bits per heavy atom. The number of nitrogens with one attached hydrogen (secondary N) is 1. The molecule has 0 heterocycles. The van der Waals surface area contributed by atoms with E-state index in [1.807, 2.05) is 32.0 Å². The van der Waals surface area contributed by atoms with Gasteiger partial charge in [-0.05, 0) is 47.1 Å². The first-order chi connectivity index (χ1) is 11.2. The first kappa shape index (κ1) is 15.4. The maximum absolute atomic E-state index is 3.41. The average Bonchev–Trinajstić information content (AvgIpc) is 3.14. The van der Waals surface area contributed by atoms with Gasteiger partial charge in [-0.2, -0.15) is 0 Å². The molecule has 1 nitrogen and oxygen atoms in total. The largest absolute Gasteiger partial charge is 0.349 e. The molecule has 1 aromatic rings. The molecule has 3 aliphatic rings. The van der Waals surface area contributed by atoms with Gasteiger partial charge in [-0.15, -0.1) is 0 Å². The summed E-state index contributed by atoms with van der Waals surface area (Å²) in [7, 11) is 0. The fourth-order valence-electron chi connectivity index (χ4n) is 3.39. The summed E-state index contributed by atoms with van der Waals surface area (Å²) in [6.45, 7) is 8.61. The van der Waals surface area contributed by atoms with Gasteiger partial charge in [-0.25, -0.2) is 0 Å². The van der Waals surface area contributed by atoms with Crippen molar-refractivity contribution in [1.82, 2.24) is 0 Å². The van der Waals surface area contributed by atoms with Crippen molar-refractivity contribution in [3.05, 3.63) is 88.0 Å². The Bertz CT molecular complexity index is 816. The predicted octanol–water partition coefficient (Wildman–Crippen LogP) is 5.93. The Morgan fingerprint density at radius 2 is 1.78 bits per heavy atom. The third kappa shape index (κ3) is 2.55. The van der Waals surface area contributed by atoms with Gasteiger partial charge in [0, 0.05) is 16.7 Å². The van der Waals surface area contributed by atoms with E-state index in [9.17, 15) is 0 Å². The van der Waals surface area contributed by atoms with Crippen LogP contribution in [0.15, 0.2) is 88.0 Å². The Balaban J connectivity index is 0.000000753. The van der Waals surface area contributed by atoms with Gasteiger partial charge in [0.25, 0.3) is 0 Å². The maximum Gasteiger partial charge on any atom is 0.0904 e. The van der Waals surface area contributed by atoms with E-state index in [0.29, 0.717) is 0 Å². The van der Waals surface area contributed by atoms with Crippen molar-refractivity contribution in [1.29, 1.82) is 0 Å². The van der Waals surface area contributed by atoms with E-state index in [2.05, 4.69) is 61.0 Å². The van der Waals surface area contributed by atoms with Crippen LogP contribution in [0.5, 0.6) is 0 Å². The highest BCUT2D eigenvalue weighted by Crippen LogP contribution is 2.54. The van der Waals surface area contributed by atoms with Gasteiger partial charge in [0.2, 0.25) is 0 Å². The van der Waals surface area contributed by atoms with E-state index in [0.717, 1.165) is 17.8 Å². The van der Waals surface area contributed by atoms with Gasteiger partial charge >= 0.3 is 0 Å². The standard InChI is InChI=1S/C20H17N.C2H6/c1-20(2)18-10-6-9-16(18)17-12-11-15(13-19(17)20)21-14-7-4-3-5-8-14;1-2/h3-9,13,21H,10H2,1-2H3;1-2H3. The molecule has 1 aromatic carbocycles. The molecule has 0 spiro atoms. The van der Waals surface area contributed by atoms with Crippen molar-refractivity contribution in [3.63, 3.8) is 0 Å². The Hall–Kier alpha value is -2.46. The second-order valence-corrected chi connectivity index (χ2v) is 6.21. The highest BCUT2D eigenvalue weighted by Gasteiger charge is 2.41. The number of hydrogen-bond acceptors (Lipinski definition) is 1. The zero-order chi connectivity index (χ0) is 16.4. The summed E-state index contributed by atoms with van der Waals surface area (Å²) in [5, 5.41) is 3.41. The van der Waals surface area contributed by atoms with E-state index in [4.69, 9.17) is 0 Å². The van der Waals surface area contributed by atoms with E-state index in [-0.39, 0.29) is 5.41 Å². The lowest BCUT2D eigenvalue weighted by Crippen LogP contribution is -2.14. The number of para-hydroxylation sites is 1. The summed E-state index contributed by atoms with van der Waals surface area (Å²) in [6, 6.07) is 10.2. The fraction of sp³-hybridized carbons (Fsp3) is 0.273. The fourth-order valence-corrected chi connectivity index (χ4v) is 3.39. The summed E-state index contributed by atoms with van der Waals surface area (Å²) in [5.41, 5.74) is 14.2. The summed E-state index contributed by atoms with van der Waals surface area (Å²) in [5.74, 6) is 0. The van der Waals surface area contributed by atoms with Gasteiger partial charge in [0.1, 0.15) is 0 Å². The maximum atomic E-state index is 3.41. The third-order valence-electron chi connectivity index (χ3n) is 4.56. The number of anilines is 1. The van der Waals surface area contributed by atoms with Crippen LogP contribution in [0.25, 0.3) is 0 Å². The minimum atomic E-state index is 0.0902. The quantitative estimate of drug-likeness (QED) is 0.668. The van der Waals surface area contributed by atoms with Gasteiger partial charge in [-0.1, -0.05) is 63.8 Å². The molecule has 4 rings (SSSR count). The normalized spacial score (nSPS) is 19.2. The third-order valence-corrected chi connectivity index (χ3v) is 4.56. The van der Waals surface area contributed by atoms with Crippen LogP contribution >= 0.6 is 0 Å². The summed E-state index contributed by atoms with van der Waals surface area (Å²) in [6.07, 6.45) is 7.77. The lowest BCUT2D eigenvalue weighted by Gasteiger charge is -2.25. The van der Waals surface area contributed by atoms with Crippen LogP contribution in [-0.2, 0) is 0 Å². The minimum Gasteiger partial charge on any atom is -0.349 e. The Kier molecular flexibility index (Phi) is 4.01. The zero-order valence-electron chi connectivity index (χ0n) is 14.3. The number of fused-ring (bicyclic) bond motifs is 2. The zero-order valence-corrected chi connectivity index (χ0v) is 14.3. The molecule has 0 amide bonds. The van der Waals surface area contributed by atoms with E-state index >= 15 is 0 Å². The molecule has 0 fully saturated rings. The first-order valence-corrected chi connectivity index (χ1v) is 8.37. The molecule has 1 N–H and O–H groups in total. The van der Waals surface area contributed by atoms with Crippen molar-refractivity contribution >= 4 is 5.69 Å². The molecule has 0 saturated heterocycles. The van der Waals surface area contributed by atoms with Crippen LogP contribution in [0.2, 0.25) is 0 Å². The number of allylic oxidation sites excluding steroid dienone is 7. The van der Waals surface area contributed by atoms with Gasteiger partial charge < -0.3 is 5.32 Å². The van der Waals surface area contributed by atoms with Crippen LogP contribution in [0.4, 0.5) is 5.69 Å². The number of rotatable bonds is 2. The van der Waals surface area contributed by atoms with Crippen molar-refractivity contribution in [2.75, 3.05) is 5.32 Å². The van der Waals surface area contributed by atoms with Gasteiger partial charge in [-0.3, -0.25) is 0 Å². The van der Waals surface area contributed by atoms with Crippen molar-refractivity contribution in [2.24, 2.45) is 5.41 Å². The number of hydrogen-bond donors (Lipinski definition) is 1. The average molecular weight is 301 g/mol. The molecule has 116 valence electrons. The smallest absolute Gasteiger partial charge is 0.0904 e. The lowest BCUT2D eigenvalue weighted by atomic mass is 9.79. The van der Waals surface area contributed by atoms with Crippen molar-refractivity contribution < 1.29 is 0 Å². The van der Waals surface area contributed by atoms with Crippen LogP contribution in [-0.4, -0.2) is 0 Å². The molecular weight excluding hydrogens is 278 g/mol. The van der Waals surface area contributed by atoms with Crippen LogP contribution in [0, 0.1) is 5.41 Å². The molecule has 0 radical (unpaired) electrons. The van der Waals surface area contributed by atoms with Crippen molar-refractivity contribution in [2.45, 2.75) is 34.1 Å². The second-order valence-electron chi connectivity index (χ2n) is 6.21. The Labute approximate surface area is 139 Å². The minimum absolute atomic E-state index is 0.0902. The molecule has 0 aromatic heterocycles. The predicted molar refractivity (Wildman–Crippen MR) is 98.1 cm³/mol.